The highest BCUT2D eigenvalue weighted by molar-refractivity contribution is 7.85. The number of phenols is 2. The van der Waals surface area contributed by atoms with Crippen molar-refractivity contribution in [3.63, 3.8) is 0 Å². The van der Waals surface area contributed by atoms with Gasteiger partial charge >= 0.3 is 0 Å². The highest BCUT2D eigenvalue weighted by Gasteiger charge is 2.12. The number of halogens is 1. The Hall–Kier alpha value is -1.52. The Morgan fingerprint density at radius 1 is 1.00 bits per heavy atom. The summed E-state index contributed by atoms with van der Waals surface area (Å²) in [4.78, 5) is 0.792. The first-order valence-electron chi connectivity index (χ1n) is 4.77. The van der Waals surface area contributed by atoms with Crippen molar-refractivity contribution in [2.45, 2.75) is 9.79 Å². The highest BCUT2D eigenvalue weighted by atomic mass is 35.5. The molecular weight excluding hydrogens is 260 g/mol. The fraction of sp³-hybridized carbons (Fsp3) is 0. The van der Waals surface area contributed by atoms with Crippen molar-refractivity contribution in [2.24, 2.45) is 0 Å². The average molecular weight is 269 g/mol. The molecule has 1 atom stereocenters. The molecule has 2 aromatic carbocycles. The van der Waals surface area contributed by atoms with Crippen LogP contribution in [0.2, 0.25) is 5.02 Å². The van der Waals surface area contributed by atoms with Gasteiger partial charge in [-0.25, -0.2) is 4.21 Å². The Balaban J connectivity index is 2.40. The fourth-order valence-corrected chi connectivity index (χ4v) is 2.55. The van der Waals surface area contributed by atoms with Gasteiger partial charge in [-0.05, 0) is 36.4 Å². The molecule has 0 aromatic heterocycles. The van der Waals surface area contributed by atoms with E-state index in [4.69, 9.17) is 16.7 Å². The largest absolute Gasteiger partial charge is 0.508 e. The maximum absolute atomic E-state index is 12.1. The molecule has 0 saturated carbocycles. The van der Waals surface area contributed by atoms with Crippen molar-refractivity contribution in [2.75, 3.05) is 0 Å². The molecule has 0 aliphatic rings. The lowest BCUT2D eigenvalue weighted by Gasteiger charge is -2.05. The van der Waals surface area contributed by atoms with Crippen molar-refractivity contribution in [3.05, 3.63) is 47.5 Å². The molecule has 2 N–H and O–H groups in total. The lowest BCUT2D eigenvalue weighted by molar-refractivity contribution is 0.441. The third kappa shape index (κ3) is 2.60. The average Bonchev–Trinajstić information content (AvgIpc) is 2.29. The minimum Gasteiger partial charge on any atom is -0.508 e. The second-order valence-corrected chi connectivity index (χ2v) is 5.26. The van der Waals surface area contributed by atoms with Crippen molar-refractivity contribution in [3.8, 4) is 11.5 Å². The van der Waals surface area contributed by atoms with Crippen LogP contribution in [0, 0.1) is 0 Å². The third-order valence-corrected chi connectivity index (χ3v) is 3.87. The van der Waals surface area contributed by atoms with Crippen LogP contribution in [0.25, 0.3) is 0 Å². The zero-order valence-corrected chi connectivity index (χ0v) is 10.2. The number of benzene rings is 2. The molecule has 2 rings (SSSR count). The lowest BCUT2D eigenvalue weighted by atomic mass is 10.3. The second kappa shape index (κ2) is 4.77. The predicted molar refractivity (Wildman–Crippen MR) is 65.9 cm³/mol. The van der Waals surface area contributed by atoms with E-state index in [9.17, 15) is 9.32 Å². The molecule has 0 saturated heterocycles. The van der Waals surface area contributed by atoms with E-state index in [-0.39, 0.29) is 16.4 Å². The Bertz CT molecular complexity index is 566. The second-order valence-electron chi connectivity index (χ2n) is 3.37. The molecule has 0 aliphatic heterocycles. The van der Waals surface area contributed by atoms with Gasteiger partial charge in [-0.15, -0.1) is 0 Å². The van der Waals surface area contributed by atoms with Crippen LogP contribution >= 0.6 is 11.6 Å². The summed E-state index contributed by atoms with van der Waals surface area (Å²) in [6.07, 6.45) is 0. The summed E-state index contributed by atoms with van der Waals surface area (Å²) < 4.78 is 12.1. The fourth-order valence-electron chi connectivity index (χ4n) is 1.35. The van der Waals surface area contributed by atoms with Crippen LogP contribution in [0.15, 0.2) is 52.3 Å². The minimum absolute atomic E-state index is 0.0700. The first kappa shape index (κ1) is 12.0. The van der Waals surface area contributed by atoms with E-state index in [1.54, 1.807) is 24.3 Å². The predicted octanol–water partition coefficient (Wildman–Crippen LogP) is 2.92. The molecule has 0 bridgehead atoms. The molecule has 0 radical (unpaired) electrons. The molecule has 3 nitrogen and oxygen atoms in total. The van der Waals surface area contributed by atoms with Crippen LogP contribution in [0.1, 0.15) is 0 Å². The molecular formula is C12H9ClO3S. The van der Waals surface area contributed by atoms with E-state index in [0.29, 0.717) is 9.92 Å². The Morgan fingerprint density at radius 2 is 1.65 bits per heavy atom. The van der Waals surface area contributed by atoms with E-state index >= 15 is 0 Å². The van der Waals surface area contributed by atoms with Crippen molar-refractivity contribution in [1.29, 1.82) is 0 Å². The van der Waals surface area contributed by atoms with Crippen molar-refractivity contribution < 1.29 is 14.4 Å². The highest BCUT2D eigenvalue weighted by Crippen LogP contribution is 2.28. The molecule has 0 fully saturated rings. The SMILES string of the molecule is O=S(c1ccc(Cl)cc1)c1ccc(O)cc1O. The summed E-state index contributed by atoms with van der Waals surface area (Å²) in [6, 6.07) is 10.5. The first-order chi connectivity index (χ1) is 8.08. The van der Waals surface area contributed by atoms with Crippen LogP contribution in [0.3, 0.4) is 0 Å². The van der Waals surface area contributed by atoms with Gasteiger partial charge in [-0.2, -0.15) is 0 Å². The van der Waals surface area contributed by atoms with Gasteiger partial charge in [-0.1, -0.05) is 11.6 Å². The smallest absolute Gasteiger partial charge is 0.135 e. The van der Waals surface area contributed by atoms with Gasteiger partial charge in [0.15, 0.2) is 0 Å². The molecule has 88 valence electrons. The summed E-state index contributed by atoms with van der Waals surface area (Å²) in [7, 11) is -1.49. The van der Waals surface area contributed by atoms with Gasteiger partial charge in [0.25, 0.3) is 0 Å². The summed E-state index contributed by atoms with van der Waals surface area (Å²) in [5.74, 6) is -0.266. The van der Waals surface area contributed by atoms with Crippen molar-refractivity contribution >= 4 is 22.4 Å². The maximum atomic E-state index is 12.1. The standard InChI is InChI=1S/C12H9ClO3S/c13-8-1-4-10(5-2-8)17(16)12-6-3-9(14)7-11(12)15/h1-7,14-15H. The third-order valence-electron chi connectivity index (χ3n) is 2.17. The number of phenolic OH excluding ortho intramolecular Hbond substituents is 2. The zero-order chi connectivity index (χ0) is 12.4. The molecule has 0 heterocycles. The van der Waals surface area contributed by atoms with E-state index in [0.717, 1.165) is 6.07 Å². The molecule has 0 amide bonds. The van der Waals surface area contributed by atoms with Crippen LogP contribution in [-0.4, -0.2) is 14.4 Å². The normalized spacial score (nSPS) is 12.3. The molecule has 1 unspecified atom stereocenters. The monoisotopic (exact) mass is 268 g/mol. The minimum atomic E-state index is -1.49. The number of aromatic hydroxyl groups is 2. The van der Waals surface area contributed by atoms with Crippen LogP contribution in [0.5, 0.6) is 11.5 Å². The van der Waals surface area contributed by atoms with E-state index in [1.807, 2.05) is 0 Å². The van der Waals surface area contributed by atoms with Gasteiger partial charge in [0, 0.05) is 16.0 Å². The Morgan fingerprint density at radius 3 is 2.24 bits per heavy atom. The van der Waals surface area contributed by atoms with E-state index in [1.165, 1.54) is 12.1 Å². The van der Waals surface area contributed by atoms with Crippen LogP contribution in [-0.2, 0) is 10.8 Å². The summed E-state index contributed by atoms with van der Waals surface area (Å²) >= 11 is 5.73. The van der Waals surface area contributed by atoms with Gasteiger partial charge in [0.1, 0.15) is 11.5 Å². The maximum Gasteiger partial charge on any atom is 0.135 e. The van der Waals surface area contributed by atoms with Crippen LogP contribution in [0.4, 0.5) is 0 Å². The molecule has 17 heavy (non-hydrogen) atoms. The topological polar surface area (TPSA) is 57.5 Å². The summed E-state index contributed by atoms with van der Waals surface area (Å²) in [5.41, 5.74) is 0. The lowest BCUT2D eigenvalue weighted by Crippen LogP contribution is -1.92. The first-order valence-corrected chi connectivity index (χ1v) is 6.30. The molecule has 5 heteroatoms. The van der Waals surface area contributed by atoms with Crippen molar-refractivity contribution in [1.82, 2.24) is 0 Å². The van der Waals surface area contributed by atoms with E-state index < -0.39 is 10.8 Å². The number of rotatable bonds is 2. The molecule has 0 spiro atoms. The summed E-state index contributed by atoms with van der Waals surface area (Å²) in [6.45, 7) is 0. The molecule has 2 aromatic rings. The van der Waals surface area contributed by atoms with Gasteiger partial charge in [0.2, 0.25) is 0 Å². The Kier molecular flexibility index (Phi) is 3.36. The summed E-state index contributed by atoms with van der Waals surface area (Å²) in [5, 5.41) is 19.3. The quantitative estimate of drug-likeness (QED) is 0.880. The number of hydrogen-bond acceptors (Lipinski definition) is 3. The van der Waals surface area contributed by atoms with Gasteiger partial charge < -0.3 is 10.2 Å². The van der Waals surface area contributed by atoms with E-state index in [2.05, 4.69) is 0 Å². The zero-order valence-electron chi connectivity index (χ0n) is 8.63. The van der Waals surface area contributed by atoms with Crippen LogP contribution < -0.4 is 0 Å². The Labute approximate surface area is 106 Å². The number of hydrogen-bond donors (Lipinski definition) is 2. The van der Waals surface area contributed by atoms with Gasteiger partial charge in [0.05, 0.1) is 15.7 Å². The van der Waals surface area contributed by atoms with Gasteiger partial charge in [-0.3, -0.25) is 0 Å². The molecule has 0 aliphatic carbocycles.